The van der Waals surface area contributed by atoms with E-state index in [1.54, 1.807) is 0 Å². The second-order valence-corrected chi connectivity index (χ2v) is 1.71. The Morgan fingerprint density at radius 3 is 3.00 bits per heavy atom. The van der Waals surface area contributed by atoms with Crippen LogP contribution < -0.4 is 0 Å². The zero-order valence-corrected chi connectivity index (χ0v) is 5.43. The first-order valence-corrected chi connectivity index (χ1v) is 2.67. The molecule has 9 heavy (non-hydrogen) atoms. The monoisotopic (exact) mass is 140 g/mol. The number of azide groups is 1. The maximum absolute atomic E-state index is 8.04. The number of hydrogen-bond donors (Lipinski definition) is 0. The van der Waals surface area contributed by atoms with Crippen LogP contribution in [-0.2, 0) is 0 Å². The third-order valence-electron chi connectivity index (χ3n) is 0.607. The first-order valence-electron chi connectivity index (χ1n) is 2.26. The fraction of sp³-hybridized carbons (Fsp3) is 0.500. The maximum Gasteiger partial charge on any atom is 0.0793 e. The van der Waals surface area contributed by atoms with E-state index in [9.17, 15) is 0 Å². The molecule has 0 N–H and O–H groups in total. The van der Waals surface area contributed by atoms with Gasteiger partial charge in [-0.25, -0.2) is 0 Å². The van der Waals surface area contributed by atoms with E-state index in [0.29, 0.717) is 12.8 Å². The molecule has 0 saturated carbocycles. The van der Waals surface area contributed by atoms with E-state index in [2.05, 4.69) is 22.2 Å². The minimum atomic E-state index is 0.249. The van der Waals surface area contributed by atoms with Crippen LogP contribution in [-0.4, -0.2) is 4.99 Å². The largest absolute Gasteiger partial charge is 0.198 e. The van der Waals surface area contributed by atoms with E-state index < -0.39 is 0 Å². The molecule has 0 aliphatic heterocycles. The molecule has 0 rings (SSSR count). The van der Waals surface area contributed by atoms with Crippen molar-refractivity contribution in [3.63, 3.8) is 0 Å². The highest BCUT2D eigenvalue weighted by Gasteiger charge is 1.88. The molecule has 0 aliphatic rings. The highest BCUT2D eigenvalue weighted by Crippen LogP contribution is 1.92. The third kappa shape index (κ3) is 4.75. The normalized spacial score (nSPS) is 7.00. The fourth-order valence-corrected chi connectivity index (χ4v) is 0.401. The zero-order valence-electron chi connectivity index (χ0n) is 4.61. The maximum atomic E-state index is 8.04. The topological polar surface area (TPSA) is 72.5 Å². The summed E-state index contributed by atoms with van der Waals surface area (Å²) >= 11 is 4.55. The van der Waals surface area contributed by atoms with Crippen molar-refractivity contribution < 1.29 is 0 Å². The fourth-order valence-electron chi connectivity index (χ4n) is 0.263. The Kier molecular flexibility index (Phi) is 4.41. The van der Waals surface area contributed by atoms with Gasteiger partial charge in [-0.15, -0.1) is 0 Å². The van der Waals surface area contributed by atoms with Crippen molar-refractivity contribution in [2.75, 3.05) is 0 Å². The molecule has 0 fully saturated rings. The second-order valence-electron chi connectivity index (χ2n) is 1.24. The van der Waals surface area contributed by atoms with Gasteiger partial charge in [0.05, 0.1) is 11.1 Å². The van der Waals surface area contributed by atoms with Gasteiger partial charge in [0, 0.05) is 11.3 Å². The molecule has 5 heteroatoms. The molecule has 0 unspecified atom stereocenters. The molecule has 0 saturated heterocycles. The molecule has 0 aromatic rings. The third-order valence-corrected chi connectivity index (χ3v) is 0.893. The van der Waals surface area contributed by atoms with Crippen molar-refractivity contribution in [3.05, 3.63) is 10.4 Å². The van der Waals surface area contributed by atoms with Crippen molar-refractivity contribution in [2.24, 2.45) is 5.11 Å². The van der Waals surface area contributed by atoms with E-state index in [-0.39, 0.29) is 4.99 Å². The molecule has 0 spiro atoms. The van der Waals surface area contributed by atoms with Gasteiger partial charge in [0.15, 0.2) is 0 Å². The van der Waals surface area contributed by atoms with Crippen LogP contribution in [0.3, 0.4) is 0 Å². The zero-order chi connectivity index (χ0) is 7.11. The molecule has 0 radical (unpaired) electrons. The summed E-state index contributed by atoms with van der Waals surface area (Å²) in [5.41, 5.74) is 7.82. The van der Waals surface area contributed by atoms with Gasteiger partial charge in [-0.3, -0.25) is 0 Å². The molecule has 0 atom stereocenters. The van der Waals surface area contributed by atoms with Gasteiger partial charge >= 0.3 is 0 Å². The molecular formula is C4H4N4S. The molecule has 0 bridgehead atoms. The van der Waals surface area contributed by atoms with Gasteiger partial charge in [-0.2, -0.15) is 5.26 Å². The summed E-state index contributed by atoms with van der Waals surface area (Å²) in [7, 11) is 0. The Labute approximate surface area is 57.7 Å². The first-order chi connectivity index (χ1) is 4.31. The Morgan fingerprint density at radius 1 is 1.89 bits per heavy atom. The van der Waals surface area contributed by atoms with Crippen molar-refractivity contribution >= 4 is 17.2 Å². The molecule has 0 aromatic heterocycles. The summed E-state index contributed by atoms with van der Waals surface area (Å²) in [5.74, 6) is 0. The van der Waals surface area contributed by atoms with Gasteiger partial charge in [0.1, 0.15) is 0 Å². The van der Waals surface area contributed by atoms with Gasteiger partial charge in [0.25, 0.3) is 0 Å². The first kappa shape index (κ1) is 7.89. The van der Waals surface area contributed by atoms with Gasteiger partial charge in [-0.1, -0.05) is 17.3 Å². The Hall–Kier alpha value is -1.11. The number of rotatable bonds is 2. The summed E-state index contributed by atoms with van der Waals surface area (Å²) in [4.78, 5) is 2.71. The molecule has 0 amide bonds. The van der Waals surface area contributed by atoms with Crippen LogP contribution >= 0.6 is 12.2 Å². The van der Waals surface area contributed by atoms with Crippen LogP contribution in [0.2, 0.25) is 0 Å². The quantitative estimate of drug-likeness (QED) is 0.254. The van der Waals surface area contributed by atoms with Crippen LogP contribution in [0.25, 0.3) is 10.4 Å². The van der Waals surface area contributed by atoms with Gasteiger partial charge < -0.3 is 0 Å². The molecule has 0 heterocycles. The number of nitrogens with zero attached hydrogens (tertiary/aromatic N) is 4. The smallest absolute Gasteiger partial charge is 0.0793 e. The molecule has 0 aliphatic carbocycles. The molecule has 4 nitrogen and oxygen atoms in total. The Bertz CT molecular complexity index is 185. The molecular weight excluding hydrogens is 136 g/mol. The lowest BCUT2D eigenvalue weighted by Gasteiger charge is -1.83. The lowest BCUT2D eigenvalue weighted by atomic mass is 10.3. The van der Waals surface area contributed by atoms with E-state index >= 15 is 0 Å². The van der Waals surface area contributed by atoms with Crippen molar-refractivity contribution in [1.82, 2.24) is 0 Å². The molecule has 46 valence electrons. The minimum absolute atomic E-state index is 0.249. The summed E-state index contributed by atoms with van der Waals surface area (Å²) in [6, 6.07) is 1.89. The van der Waals surface area contributed by atoms with E-state index in [1.807, 2.05) is 6.07 Å². The summed E-state index contributed by atoms with van der Waals surface area (Å²) in [6.07, 6.45) is 0.702. The van der Waals surface area contributed by atoms with Gasteiger partial charge in [0.2, 0.25) is 0 Å². The second kappa shape index (κ2) is 5.04. The highest BCUT2D eigenvalue weighted by atomic mass is 32.1. The average Bonchev–Trinajstić information content (AvgIpc) is 1.85. The van der Waals surface area contributed by atoms with Crippen molar-refractivity contribution in [3.8, 4) is 6.07 Å². The summed E-state index contributed by atoms with van der Waals surface area (Å²) in [6.45, 7) is 0. The average molecular weight is 140 g/mol. The predicted octanol–water partition coefficient (Wildman–Crippen LogP) is 1.93. The lowest BCUT2D eigenvalue weighted by Crippen LogP contribution is -1.84. The highest BCUT2D eigenvalue weighted by molar-refractivity contribution is 7.80. The predicted molar refractivity (Wildman–Crippen MR) is 36.6 cm³/mol. The van der Waals surface area contributed by atoms with E-state index in [0.717, 1.165) is 0 Å². The Morgan fingerprint density at radius 2 is 2.56 bits per heavy atom. The standard InChI is InChI=1S/C4H4N4S/c5-3-1-2-4(9)7-8-6/h1-2H2. The van der Waals surface area contributed by atoms with Crippen LogP contribution in [0, 0.1) is 11.3 Å². The van der Waals surface area contributed by atoms with Crippen molar-refractivity contribution in [2.45, 2.75) is 12.8 Å². The Balaban J connectivity index is 3.54. The van der Waals surface area contributed by atoms with E-state index in [1.165, 1.54) is 0 Å². The van der Waals surface area contributed by atoms with Crippen molar-refractivity contribution in [1.29, 1.82) is 5.26 Å². The van der Waals surface area contributed by atoms with Crippen LogP contribution in [0.4, 0.5) is 0 Å². The lowest BCUT2D eigenvalue weighted by molar-refractivity contribution is 1.11. The number of thiocarbonyl (C=S) groups is 1. The van der Waals surface area contributed by atoms with Crippen LogP contribution in [0.1, 0.15) is 12.8 Å². The number of hydrogen-bond acceptors (Lipinski definition) is 2. The van der Waals surface area contributed by atoms with Crippen LogP contribution in [0.15, 0.2) is 5.11 Å². The van der Waals surface area contributed by atoms with E-state index in [4.69, 9.17) is 10.8 Å². The van der Waals surface area contributed by atoms with Gasteiger partial charge in [-0.05, 0) is 12.0 Å². The number of nitriles is 1. The molecule has 0 aromatic carbocycles. The summed E-state index contributed by atoms with van der Waals surface area (Å²) < 4.78 is 0. The minimum Gasteiger partial charge on any atom is -0.198 e. The van der Waals surface area contributed by atoms with Crippen LogP contribution in [0.5, 0.6) is 0 Å². The summed E-state index contributed by atoms with van der Waals surface area (Å²) in [5, 5.41) is 11.2. The SMILES string of the molecule is N#CCCC(=S)N=[N+]=[N-].